The van der Waals surface area contributed by atoms with Gasteiger partial charge >= 0.3 is 6.03 Å². The summed E-state index contributed by atoms with van der Waals surface area (Å²) in [4.78, 5) is 14.8. The van der Waals surface area contributed by atoms with E-state index in [1.54, 1.807) is 11.0 Å². The summed E-state index contributed by atoms with van der Waals surface area (Å²) in [5.74, 6) is -0.535. The topological polar surface area (TPSA) is 68.2 Å². The number of benzene rings is 3. The van der Waals surface area contributed by atoms with Crippen LogP contribution in [0.4, 0.5) is 20.6 Å². The Bertz CT molecular complexity index is 1150. The summed E-state index contributed by atoms with van der Waals surface area (Å²) in [6.45, 7) is 1.44. The molecule has 2 amide bonds. The highest BCUT2D eigenvalue weighted by atomic mass is 35.5. The average Bonchev–Trinajstić information content (AvgIpc) is 3.33. The molecule has 7 heteroatoms. The van der Waals surface area contributed by atoms with Crippen LogP contribution in [0, 0.1) is 17.1 Å². The van der Waals surface area contributed by atoms with Crippen molar-refractivity contribution in [3.05, 3.63) is 83.1 Å². The Labute approximate surface area is 191 Å². The van der Waals surface area contributed by atoms with Gasteiger partial charge in [-0.05, 0) is 73.0 Å². The van der Waals surface area contributed by atoms with E-state index in [1.165, 1.54) is 18.2 Å². The van der Waals surface area contributed by atoms with Crippen LogP contribution in [-0.2, 0) is 0 Å². The molecule has 1 atom stereocenters. The first kappa shape index (κ1) is 21.8. The molecule has 0 radical (unpaired) electrons. The standard InChI is InChI=1S/C25H22ClFN4O/c26-23-14-20(8-11-24(23)27)30-25(32)31(16-21-5-2-12-29-21)22-9-6-18(7-10-22)19-4-1-3-17(13-19)15-28/h1,3-4,6-11,13-14,21,29H,2,5,12,16H2,(H,30,32). The van der Waals surface area contributed by atoms with Crippen molar-refractivity contribution in [1.29, 1.82) is 5.26 Å². The van der Waals surface area contributed by atoms with Crippen molar-refractivity contribution in [1.82, 2.24) is 5.32 Å². The number of hydrogen-bond acceptors (Lipinski definition) is 3. The molecule has 2 N–H and O–H groups in total. The predicted molar refractivity (Wildman–Crippen MR) is 125 cm³/mol. The highest BCUT2D eigenvalue weighted by Crippen LogP contribution is 2.26. The molecular formula is C25H22ClFN4O. The first-order chi connectivity index (χ1) is 15.5. The minimum Gasteiger partial charge on any atom is -0.312 e. The number of carbonyl (C=O) groups is 1. The summed E-state index contributed by atoms with van der Waals surface area (Å²) in [6, 6.07) is 21.2. The van der Waals surface area contributed by atoms with Gasteiger partial charge in [-0.25, -0.2) is 9.18 Å². The third-order valence-electron chi connectivity index (χ3n) is 5.49. The molecule has 0 spiro atoms. The highest BCUT2D eigenvalue weighted by Gasteiger charge is 2.23. The number of nitriles is 1. The lowest BCUT2D eigenvalue weighted by Gasteiger charge is -2.26. The maximum atomic E-state index is 13.5. The number of nitrogens with one attached hydrogen (secondary N) is 2. The van der Waals surface area contributed by atoms with E-state index in [0.717, 1.165) is 36.2 Å². The Kier molecular flexibility index (Phi) is 6.69. The molecule has 5 nitrogen and oxygen atoms in total. The fourth-order valence-electron chi connectivity index (χ4n) is 3.81. The minimum atomic E-state index is -0.535. The molecule has 1 aliphatic heterocycles. The van der Waals surface area contributed by atoms with Crippen LogP contribution >= 0.6 is 11.6 Å². The van der Waals surface area contributed by atoms with Crippen LogP contribution < -0.4 is 15.5 Å². The van der Waals surface area contributed by atoms with Gasteiger partial charge < -0.3 is 10.6 Å². The van der Waals surface area contributed by atoms with Crippen molar-refractivity contribution in [2.75, 3.05) is 23.3 Å². The molecule has 32 heavy (non-hydrogen) atoms. The second-order valence-corrected chi connectivity index (χ2v) is 8.11. The Morgan fingerprint density at radius 2 is 1.97 bits per heavy atom. The number of hydrogen-bond donors (Lipinski definition) is 2. The van der Waals surface area contributed by atoms with Gasteiger partial charge in [0.1, 0.15) is 5.82 Å². The zero-order valence-corrected chi connectivity index (χ0v) is 18.1. The fourth-order valence-corrected chi connectivity index (χ4v) is 3.99. The fraction of sp³-hybridized carbons (Fsp3) is 0.200. The Hall–Kier alpha value is -3.40. The number of nitrogens with zero attached hydrogens (tertiary/aromatic N) is 2. The van der Waals surface area contributed by atoms with Crippen molar-refractivity contribution in [3.8, 4) is 17.2 Å². The highest BCUT2D eigenvalue weighted by molar-refractivity contribution is 6.31. The lowest BCUT2D eigenvalue weighted by molar-refractivity contribution is 0.256. The van der Waals surface area contributed by atoms with Crippen LogP contribution in [0.2, 0.25) is 5.02 Å². The second-order valence-electron chi connectivity index (χ2n) is 7.70. The van der Waals surface area contributed by atoms with Crippen LogP contribution in [0.1, 0.15) is 18.4 Å². The maximum Gasteiger partial charge on any atom is 0.326 e. The van der Waals surface area contributed by atoms with E-state index in [4.69, 9.17) is 16.9 Å². The molecule has 0 aliphatic carbocycles. The molecule has 1 saturated heterocycles. The molecule has 1 heterocycles. The average molecular weight is 449 g/mol. The van der Waals surface area contributed by atoms with E-state index in [9.17, 15) is 9.18 Å². The normalized spacial score (nSPS) is 15.2. The van der Waals surface area contributed by atoms with Crippen molar-refractivity contribution in [3.63, 3.8) is 0 Å². The van der Waals surface area contributed by atoms with E-state index in [1.807, 2.05) is 42.5 Å². The van der Waals surface area contributed by atoms with Crippen molar-refractivity contribution < 1.29 is 9.18 Å². The van der Waals surface area contributed by atoms with Gasteiger partial charge in [-0.15, -0.1) is 0 Å². The molecule has 1 fully saturated rings. The Balaban J connectivity index is 1.58. The largest absolute Gasteiger partial charge is 0.326 e. The van der Waals surface area contributed by atoms with Crippen LogP contribution in [-0.4, -0.2) is 25.2 Å². The van der Waals surface area contributed by atoms with Gasteiger partial charge in [-0.2, -0.15) is 5.26 Å². The summed E-state index contributed by atoms with van der Waals surface area (Å²) in [6.07, 6.45) is 2.06. The van der Waals surface area contributed by atoms with E-state index in [-0.39, 0.29) is 17.1 Å². The summed E-state index contributed by atoms with van der Waals surface area (Å²) < 4.78 is 13.5. The van der Waals surface area contributed by atoms with E-state index in [0.29, 0.717) is 17.8 Å². The van der Waals surface area contributed by atoms with E-state index < -0.39 is 5.82 Å². The lowest BCUT2D eigenvalue weighted by Crippen LogP contribution is -2.43. The summed E-state index contributed by atoms with van der Waals surface area (Å²) in [5, 5.41) is 15.3. The number of amides is 2. The Morgan fingerprint density at radius 1 is 1.16 bits per heavy atom. The molecule has 0 bridgehead atoms. The third kappa shape index (κ3) is 5.08. The number of carbonyl (C=O) groups excluding carboxylic acids is 1. The third-order valence-corrected chi connectivity index (χ3v) is 5.77. The first-order valence-electron chi connectivity index (χ1n) is 10.4. The number of urea groups is 1. The molecule has 0 aromatic heterocycles. The van der Waals surface area contributed by atoms with Crippen LogP contribution in [0.5, 0.6) is 0 Å². The van der Waals surface area contributed by atoms with Gasteiger partial charge in [0.25, 0.3) is 0 Å². The maximum absolute atomic E-state index is 13.5. The van der Waals surface area contributed by atoms with Crippen LogP contribution in [0.15, 0.2) is 66.7 Å². The van der Waals surface area contributed by atoms with E-state index in [2.05, 4.69) is 16.7 Å². The summed E-state index contributed by atoms with van der Waals surface area (Å²) in [5.41, 5.74) is 3.65. The van der Waals surface area contributed by atoms with E-state index >= 15 is 0 Å². The Morgan fingerprint density at radius 3 is 2.66 bits per heavy atom. The van der Waals surface area contributed by atoms with Gasteiger partial charge in [0.05, 0.1) is 16.7 Å². The number of halogens is 2. The molecule has 1 unspecified atom stereocenters. The molecule has 0 saturated carbocycles. The molecule has 1 aliphatic rings. The molecule has 162 valence electrons. The van der Waals surface area contributed by atoms with Gasteiger partial charge in [0.15, 0.2) is 0 Å². The molecular weight excluding hydrogens is 427 g/mol. The quantitative estimate of drug-likeness (QED) is 0.517. The summed E-state index contributed by atoms with van der Waals surface area (Å²) in [7, 11) is 0. The van der Waals surface area contributed by atoms with Gasteiger partial charge in [0, 0.05) is 24.0 Å². The van der Waals surface area contributed by atoms with Crippen molar-refractivity contribution in [2.24, 2.45) is 0 Å². The zero-order valence-electron chi connectivity index (χ0n) is 17.3. The SMILES string of the molecule is N#Cc1cccc(-c2ccc(N(CC3CCCN3)C(=O)Nc3ccc(F)c(Cl)c3)cc2)c1. The van der Waals surface area contributed by atoms with Gasteiger partial charge in [0.2, 0.25) is 0 Å². The smallest absolute Gasteiger partial charge is 0.312 e. The van der Waals surface area contributed by atoms with Crippen LogP contribution in [0.3, 0.4) is 0 Å². The zero-order chi connectivity index (χ0) is 22.5. The van der Waals surface area contributed by atoms with Crippen molar-refractivity contribution in [2.45, 2.75) is 18.9 Å². The molecule has 3 aromatic carbocycles. The van der Waals surface area contributed by atoms with Gasteiger partial charge in [-0.3, -0.25) is 4.90 Å². The minimum absolute atomic E-state index is 0.0456. The van der Waals surface area contributed by atoms with Crippen molar-refractivity contribution >= 4 is 29.0 Å². The monoisotopic (exact) mass is 448 g/mol. The summed E-state index contributed by atoms with van der Waals surface area (Å²) >= 11 is 5.86. The van der Waals surface area contributed by atoms with Gasteiger partial charge in [-0.1, -0.05) is 35.9 Å². The number of rotatable bonds is 5. The molecule has 4 rings (SSSR count). The first-order valence-corrected chi connectivity index (χ1v) is 10.8. The second kappa shape index (κ2) is 9.82. The molecule has 3 aromatic rings. The van der Waals surface area contributed by atoms with Crippen LogP contribution in [0.25, 0.3) is 11.1 Å². The lowest BCUT2D eigenvalue weighted by atomic mass is 10.0. The number of anilines is 2. The predicted octanol–water partition coefficient (Wildman–Crippen LogP) is 5.81.